The highest BCUT2D eigenvalue weighted by atomic mass is 16.4. The summed E-state index contributed by atoms with van der Waals surface area (Å²) < 4.78 is 5.39. The van der Waals surface area contributed by atoms with Crippen LogP contribution in [0, 0.1) is 0 Å². The summed E-state index contributed by atoms with van der Waals surface area (Å²) in [5, 5.41) is 2.96. The van der Waals surface area contributed by atoms with E-state index in [4.69, 9.17) is 15.9 Å². The molecule has 5 N–H and O–H groups in total. The quantitative estimate of drug-likeness (QED) is 0.625. The Hall–Kier alpha value is -1.75. The molecule has 0 fully saturated rings. The van der Waals surface area contributed by atoms with E-state index in [-0.39, 0.29) is 0 Å². The lowest BCUT2D eigenvalue weighted by atomic mass is 10.3. The summed E-state index contributed by atoms with van der Waals surface area (Å²) >= 11 is 0. The van der Waals surface area contributed by atoms with Crippen molar-refractivity contribution in [2.75, 3.05) is 24.1 Å². The second-order valence-electron chi connectivity index (χ2n) is 2.96. The van der Waals surface area contributed by atoms with Gasteiger partial charge < -0.3 is 21.2 Å². The standard InChI is InChI=1S/C9H12N4O/c10-3-4-12-9-13-7-2-1-6(11)5-8(7)14-9/h1-2,5H,3-4,10-11H2,(H,12,13). The highest BCUT2D eigenvalue weighted by Crippen LogP contribution is 2.20. The number of fused-ring (bicyclic) bond motifs is 1. The number of nitrogen functional groups attached to an aromatic ring is 1. The van der Waals surface area contributed by atoms with E-state index in [2.05, 4.69) is 10.3 Å². The molecule has 14 heavy (non-hydrogen) atoms. The minimum absolute atomic E-state index is 0.482. The Labute approximate surface area is 81.1 Å². The van der Waals surface area contributed by atoms with Gasteiger partial charge in [-0.1, -0.05) is 0 Å². The van der Waals surface area contributed by atoms with Crippen molar-refractivity contribution in [1.82, 2.24) is 4.98 Å². The van der Waals surface area contributed by atoms with Gasteiger partial charge in [-0.15, -0.1) is 0 Å². The van der Waals surface area contributed by atoms with Crippen LogP contribution in [0.4, 0.5) is 11.7 Å². The van der Waals surface area contributed by atoms with Gasteiger partial charge in [0.25, 0.3) is 6.01 Å². The van der Waals surface area contributed by atoms with E-state index in [0.717, 1.165) is 5.52 Å². The van der Waals surface area contributed by atoms with Gasteiger partial charge >= 0.3 is 0 Å². The van der Waals surface area contributed by atoms with Crippen LogP contribution >= 0.6 is 0 Å². The first-order chi connectivity index (χ1) is 6.79. The summed E-state index contributed by atoms with van der Waals surface area (Å²) in [4.78, 5) is 4.20. The lowest BCUT2D eigenvalue weighted by Gasteiger charge is -1.95. The van der Waals surface area contributed by atoms with E-state index < -0.39 is 0 Å². The second-order valence-corrected chi connectivity index (χ2v) is 2.96. The first-order valence-corrected chi connectivity index (χ1v) is 4.39. The van der Waals surface area contributed by atoms with Crippen molar-refractivity contribution in [2.24, 2.45) is 5.73 Å². The SMILES string of the molecule is NCCNc1nc2ccc(N)cc2o1. The van der Waals surface area contributed by atoms with E-state index in [1.807, 2.05) is 6.07 Å². The first-order valence-electron chi connectivity index (χ1n) is 4.39. The summed E-state index contributed by atoms with van der Waals surface area (Å²) in [7, 11) is 0. The number of nitrogens with zero attached hydrogens (tertiary/aromatic N) is 1. The molecular weight excluding hydrogens is 180 g/mol. The summed E-state index contributed by atoms with van der Waals surface area (Å²) in [6, 6.07) is 5.84. The van der Waals surface area contributed by atoms with Crippen LogP contribution in [0.15, 0.2) is 22.6 Å². The first kappa shape index (κ1) is 8.83. The normalized spacial score (nSPS) is 10.6. The molecule has 0 bridgehead atoms. The lowest BCUT2D eigenvalue weighted by Crippen LogP contribution is -2.13. The number of oxazole rings is 1. The third-order valence-corrected chi connectivity index (χ3v) is 1.83. The van der Waals surface area contributed by atoms with Crippen molar-refractivity contribution in [2.45, 2.75) is 0 Å². The van der Waals surface area contributed by atoms with Crippen LogP contribution in [-0.4, -0.2) is 18.1 Å². The number of nitrogens with one attached hydrogen (secondary N) is 1. The van der Waals surface area contributed by atoms with Crippen LogP contribution in [0.25, 0.3) is 11.1 Å². The molecule has 5 nitrogen and oxygen atoms in total. The maximum absolute atomic E-state index is 5.61. The van der Waals surface area contributed by atoms with Crippen LogP contribution in [0.5, 0.6) is 0 Å². The highest BCUT2D eigenvalue weighted by molar-refractivity contribution is 5.77. The molecule has 5 heteroatoms. The Morgan fingerprint density at radius 1 is 1.43 bits per heavy atom. The van der Waals surface area contributed by atoms with Crippen LogP contribution in [-0.2, 0) is 0 Å². The Bertz CT molecular complexity index is 437. The zero-order valence-electron chi connectivity index (χ0n) is 7.66. The fourth-order valence-electron chi connectivity index (χ4n) is 1.20. The maximum Gasteiger partial charge on any atom is 0.295 e. The molecule has 0 aliphatic heterocycles. The van der Waals surface area contributed by atoms with Gasteiger partial charge in [0.05, 0.1) is 0 Å². The van der Waals surface area contributed by atoms with Crippen molar-refractivity contribution in [3.63, 3.8) is 0 Å². The van der Waals surface area contributed by atoms with Crippen molar-refractivity contribution >= 4 is 22.8 Å². The second kappa shape index (κ2) is 3.55. The third-order valence-electron chi connectivity index (χ3n) is 1.83. The largest absolute Gasteiger partial charge is 0.423 e. The van der Waals surface area contributed by atoms with Gasteiger partial charge in [0.15, 0.2) is 5.58 Å². The van der Waals surface area contributed by atoms with Gasteiger partial charge in [-0.2, -0.15) is 4.98 Å². The van der Waals surface area contributed by atoms with Gasteiger partial charge in [0.1, 0.15) is 5.52 Å². The average molecular weight is 192 g/mol. The van der Waals surface area contributed by atoms with Crippen molar-refractivity contribution < 1.29 is 4.42 Å². The molecule has 74 valence electrons. The summed E-state index contributed by atoms with van der Waals surface area (Å²) in [5.41, 5.74) is 13.1. The Morgan fingerprint density at radius 3 is 3.07 bits per heavy atom. The van der Waals surface area contributed by atoms with E-state index in [1.54, 1.807) is 12.1 Å². The monoisotopic (exact) mass is 192 g/mol. The number of anilines is 2. The molecule has 1 heterocycles. The van der Waals surface area contributed by atoms with Gasteiger partial charge in [0.2, 0.25) is 0 Å². The number of aromatic nitrogens is 1. The Balaban J connectivity index is 2.32. The summed E-state index contributed by atoms with van der Waals surface area (Å²) in [6.07, 6.45) is 0. The summed E-state index contributed by atoms with van der Waals surface area (Å²) in [5.74, 6) is 0. The number of benzene rings is 1. The Morgan fingerprint density at radius 2 is 2.29 bits per heavy atom. The van der Waals surface area contributed by atoms with Gasteiger partial charge in [-0.05, 0) is 12.1 Å². The van der Waals surface area contributed by atoms with Crippen molar-refractivity contribution in [1.29, 1.82) is 0 Å². The zero-order valence-corrected chi connectivity index (χ0v) is 7.66. The fraction of sp³-hybridized carbons (Fsp3) is 0.222. The molecule has 0 aliphatic carbocycles. The van der Waals surface area contributed by atoms with Crippen LogP contribution < -0.4 is 16.8 Å². The lowest BCUT2D eigenvalue weighted by molar-refractivity contribution is 0.615. The number of rotatable bonds is 3. The fourth-order valence-corrected chi connectivity index (χ4v) is 1.20. The Kier molecular flexibility index (Phi) is 2.24. The third kappa shape index (κ3) is 1.62. The summed E-state index contributed by atoms with van der Waals surface area (Å²) in [6.45, 7) is 1.18. The van der Waals surface area contributed by atoms with E-state index >= 15 is 0 Å². The van der Waals surface area contributed by atoms with Crippen LogP contribution in [0.2, 0.25) is 0 Å². The van der Waals surface area contributed by atoms with Gasteiger partial charge in [-0.25, -0.2) is 0 Å². The van der Waals surface area contributed by atoms with E-state index in [0.29, 0.717) is 30.4 Å². The minimum atomic E-state index is 0.482. The zero-order chi connectivity index (χ0) is 9.97. The van der Waals surface area contributed by atoms with E-state index in [1.165, 1.54) is 0 Å². The molecule has 0 radical (unpaired) electrons. The predicted octanol–water partition coefficient (Wildman–Crippen LogP) is 0.781. The molecular formula is C9H12N4O. The van der Waals surface area contributed by atoms with Gasteiger partial charge in [0, 0.05) is 24.8 Å². The molecule has 0 aliphatic rings. The molecule has 2 aromatic rings. The minimum Gasteiger partial charge on any atom is -0.423 e. The predicted molar refractivity (Wildman–Crippen MR) is 56.0 cm³/mol. The van der Waals surface area contributed by atoms with E-state index in [9.17, 15) is 0 Å². The number of hydrogen-bond donors (Lipinski definition) is 3. The number of hydrogen-bond acceptors (Lipinski definition) is 5. The maximum atomic E-state index is 5.61. The molecule has 0 spiro atoms. The molecule has 0 saturated heterocycles. The molecule has 0 unspecified atom stereocenters. The van der Waals surface area contributed by atoms with Crippen molar-refractivity contribution in [3.05, 3.63) is 18.2 Å². The van der Waals surface area contributed by atoms with Gasteiger partial charge in [-0.3, -0.25) is 0 Å². The van der Waals surface area contributed by atoms with Crippen molar-refractivity contribution in [3.8, 4) is 0 Å². The molecule has 1 aromatic carbocycles. The molecule has 2 rings (SSSR count). The highest BCUT2D eigenvalue weighted by Gasteiger charge is 2.04. The topological polar surface area (TPSA) is 90.1 Å². The number of nitrogens with two attached hydrogens (primary N) is 2. The van der Waals surface area contributed by atoms with Crippen LogP contribution in [0.3, 0.4) is 0 Å². The molecule has 0 amide bonds. The average Bonchev–Trinajstić information content (AvgIpc) is 2.56. The smallest absolute Gasteiger partial charge is 0.295 e. The molecule has 0 atom stereocenters. The van der Waals surface area contributed by atoms with Crippen LogP contribution in [0.1, 0.15) is 0 Å². The molecule has 1 aromatic heterocycles. The molecule has 0 saturated carbocycles.